The average Bonchev–Trinajstić information content (AvgIpc) is 2.59. The minimum absolute atomic E-state index is 0.0112. The molecule has 24 heavy (non-hydrogen) atoms. The molecule has 0 aliphatic carbocycles. The highest BCUT2D eigenvalue weighted by molar-refractivity contribution is 5.74. The first-order valence-corrected chi connectivity index (χ1v) is 7.85. The fourth-order valence-corrected chi connectivity index (χ4v) is 2.39. The molecule has 3 N–H and O–H groups in total. The van der Waals surface area contributed by atoms with Crippen LogP contribution in [-0.4, -0.2) is 22.7 Å². The zero-order valence-electron chi connectivity index (χ0n) is 13.8. The third-order valence-corrected chi connectivity index (χ3v) is 3.88. The van der Waals surface area contributed by atoms with Crippen molar-refractivity contribution >= 4 is 6.03 Å². The second kappa shape index (κ2) is 7.88. The molecular weight excluding hydrogens is 309 g/mol. The van der Waals surface area contributed by atoms with E-state index in [9.17, 15) is 14.3 Å². The highest BCUT2D eigenvalue weighted by atomic mass is 19.1. The minimum Gasteiger partial charge on any atom is -0.384 e. The largest absolute Gasteiger partial charge is 0.384 e. The van der Waals surface area contributed by atoms with Crippen LogP contribution in [0.4, 0.5) is 9.18 Å². The summed E-state index contributed by atoms with van der Waals surface area (Å²) in [4.78, 5) is 16.1. The Hall–Kier alpha value is -2.47. The maximum Gasteiger partial charge on any atom is 0.315 e. The van der Waals surface area contributed by atoms with Gasteiger partial charge in [0.2, 0.25) is 0 Å². The predicted molar refractivity (Wildman–Crippen MR) is 89.8 cm³/mol. The Bertz CT molecular complexity index is 660. The van der Waals surface area contributed by atoms with Crippen molar-refractivity contribution in [2.45, 2.75) is 31.9 Å². The average molecular weight is 331 g/mol. The van der Waals surface area contributed by atoms with Crippen molar-refractivity contribution in [2.75, 3.05) is 6.54 Å². The lowest BCUT2D eigenvalue weighted by atomic mass is 9.96. The minimum atomic E-state index is -1.29. The second-order valence-electron chi connectivity index (χ2n) is 5.85. The number of hydrogen-bond acceptors (Lipinski definition) is 3. The Kier molecular flexibility index (Phi) is 5.87. The maximum atomic E-state index is 13.0. The number of halogens is 1. The molecule has 2 atom stereocenters. The van der Waals surface area contributed by atoms with Crippen molar-refractivity contribution in [3.8, 4) is 0 Å². The van der Waals surface area contributed by atoms with E-state index in [1.807, 2.05) is 19.1 Å². The molecule has 5 nitrogen and oxygen atoms in total. The maximum absolute atomic E-state index is 13.0. The molecule has 1 aromatic carbocycles. The summed E-state index contributed by atoms with van der Waals surface area (Å²) in [5.74, 6) is -0.372. The quantitative estimate of drug-likeness (QED) is 0.762. The van der Waals surface area contributed by atoms with E-state index in [1.165, 1.54) is 24.3 Å². The fourth-order valence-electron chi connectivity index (χ4n) is 2.39. The molecule has 0 bridgehead atoms. The summed E-state index contributed by atoms with van der Waals surface area (Å²) in [6, 6.07) is 8.75. The number of aromatic nitrogens is 1. The molecule has 0 spiro atoms. The smallest absolute Gasteiger partial charge is 0.315 e. The lowest BCUT2D eigenvalue weighted by Gasteiger charge is -2.25. The van der Waals surface area contributed by atoms with E-state index in [4.69, 9.17) is 0 Å². The molecule has 1 aromatic heterocycles. The van der Waals surface area contributed by atoms with E-state index in [0.29, 0.717) is 5.56 Å². The molecule has 0 radical (unpaired) electrons. The van der Waals surface area contributed by atoms with Gasteiger partial charge in [-0.3, -0.25) is 4.98 Å². The van der Waals surface area contributed by atoms with Gasteiger partial charge in [0, 0.05) is 12.4 Å². The summed E-state index contributed by atoms with van der Waals surface area (Å²) >= 11 is 0. The van der Waals surface area contributed by atoms with Gasteiger partial charge in [0.05, 0.1) is 12.6 Å². The first-order chi connectivity index (χ1) is 11.4. The molecule has 1 heterocycles. The summed E-state index contributed by atoms with van der Waals surface area (Å²) in [5, 5.41) is 16.0. The van der Waals surface area contributed by atoms with Gasteiger partial charge in [-0.05, 0) is 48.7 Å². The second-order valence-corrected chi connectivity index (χ2v) is 5.85. The van der Waals surface area contributed by atoms with Crippen LogP contribution >= 0.6 is 0 Å². The van der Waals surface area contributed by atoms with E-state index >= 15 is 0 Å². The number of rotatable bonds is 6. The lowest BCUT2D eigenvalue weighted by Crippen LogP contribution is -2.44. The number of carbonyl (C=O) groups is 1. The summed E-state index contributed by atoms with van der Waals surface area (Å²) in [6.07, 6.45) is 4.08. The summed E-state index contributed by atoms with van der Waals surface area (Å²) in [5.41, 5.74) is 0.210. The number of nitrogens with one attached hydrogen (secondary N) is 2. The van der Waals surface area contributed by atoms with E-state index in [2.05, 4.69) is 15.6 Å². The van der Waals surface area contributed by atoms with Crippen molar-refractivity contribution < 1.29 is 14.3 Å². The molecular formula is C18H22FN3O2. The van der Waals surface area contributed by atoms with E-state index in [1.54, 1.807) is 19.3 Å². The topological polar surface area (TPSA) is 74.2 Å². The Morgan fingerprint density at radius 1 is 1.25 bits per heavy atom. The van der Waals surface area contributed by atoms with Gasteiger partial charge < -0.3 is 15.7 Å². The van der Waals surface area contributed by atoms with Crippen molar-refractivity contribution in [3.63, 3.8) is 0 Å². The third-order valence-electron chi connectivity index (χ3n) is 3.88. The van der Waals surface area contributed by atoms with Gasteiger partial charge in [0.1, 0.15) is 11.4 Å². The van der Waals surface area contributed by atoms with Crippen molar-refractivity contribution in [1.82, 2.24) is 15.6 Å². The molecule has 0 saturated carbocycles. The van der Waals surface area contributed by atoms with Crippen molar-refractivity contribution in [2.24, 2.45) is 0 Å². The van der Waals surface area contributed by atoms with Crippen LogP contribution in [0, 0.1) is 5.82 Å². The van der Waals surface area contributed by atoms with Crippen LogP contribution in [0.25, 0.3) is 0 Å². The van der Waals surface area contributed by atoms with Crippen molar-refractivity contribution in [1.29, 1.82) is 0 Å². The Balaban J connectivity index is 1.93. The first-order valence-electron chi connectivity index (χ1n) is 7.85. The number of carbonyl (C=O) groups excluding carboxylic acids is 1. The van der Waals surface area contributed by atoms with Gasteiger partial charge in [0.25, 0.3) is 0 Å². The molecule has 2 aromatic rings. The predicted octanol–water partition coefficient (Wildman–Crippen LogP) is 2.88. The highest BCUT2D eigenvalue weighted by Crippen LogP contribution is 2.20. The monoisotopic (exact) mass is 331 g/mol. The first kappa shape index (κ1) is 17.9. The number of urea groups is 1. The molecule has 0 aliphatic heterocycles. The summed E-state index contributed by atoms with van der Waals surface area (Å²) in [7, 11) is 0. The zero-order valence-corrected chi connectivity index (χ0v) is 13.8. The van der Waals surface area contributed by atoms with E-state index < -0.39 is 5.60 Å². The van der Waals surface area contributed by atoms with Crippen LogP contribution in [0.15, 0.2) is 48.8 Å². The standard InChI is InChI=1S/C18H22FN3O2/c1-3-16(13-8-10-20-11-9-13)22-17(23)21-12-18(2,24)14-4-6-15(19)7-5-14/h4-11,16,24H,3,12H2,1-2H3,(H2,21,22,23). The van der Waals surface area contributed by atoms with Crippen LogP contribution in [0.5, 0.6) is 0 Å². The van der Waals surface area contributed by atoms with Gasteiger partial charge >= 0.3 is 6.03 Å². The number of aliphatic hydroxyl groups is 1. The molecule has 2 amide bonds. The van der Waals surface area contributed by atoms with Gasteiger partial charge in [-0.2, -0.15) is 0 Å². The molecule has 128 valence electrons. The summed E-state index contributed by atoms with van der Waals surface area (Å²) in [6.45, 7) is 3.55. The molecule has 0 saturated heterocycles. The van der Waals surface area contributed by atoms with Gasteiger partial charge in [-0.15, -0.1) is 0 Å². The van der Waals surface area contributed by atoms with Crippen molar-refractivity contribution in [3.05, 3.63) is 65.7 Å². The molecule has 6 heteroatoms. The number of amides is 2. The molecule has 2 unspecified atom stereocenters. The van der Waals surface area contributed by atoms with Crippen LogP contribution in [0.3, 0.4) is 0 Å². The normalized spacial score (nSPS) is 14.5. The van der Waals surface area contributed by atoms with Crippen LogP contribution < -0.4 is 10.6 Å². The number of benzene rings is 1. The molecule has 0 fully saturated rings. The van der Waals surface area contributed by atoms with E-state index in [0.717, 1.165) is 12.0 Å². The Labute approximate surface area is 140 Å². The van der Waals surface area contributed by atoms with Gasteiger partial charge in [0.15, 0.2) is 0 Å². The summed E-state index contributed by atoms with van der Waals surface area (Å²) < 4.78 is 13.0. The number of pyridine rings is 1. The molecule has 2 rings (SSSR count). The third kappa shape index (κ3) is 4.76. The lowest BCUT2D eigenvalue weighted by molar-refractivity contribution is 0.0592. The molecule has 0 aliphatic rings. The Morgan fingerprint density at radius 2 is 1.88 bits per heavy atom. The highest BCUT2D eigenvalue weighted by Gasteiger charge is 2.24. The number of hydrogen-bond donors (Lipinski definition) is 3. The van der Waals surface area contributed by atoms with Crippen LogP contribution in [0.2, 0.25) is 0 Å². The fraction of sp³-hybridized carbons (Fsp3) is 0.333. The Morgan fingerprint density at radius 3 is 2.46 bits per heavy atom. The van der Waals surface area contributed by atoms with Gasteiger partial charge in [-0.25, -0.2) is 9.18 Å². The van der Waals surface area contributed by atoms with Crippen LogP contribution in [-0.2, 0) is 5.60 Å². The van der Waals surface area contributed by atoms with Crippen LogP contribution in [0.1, 0.15) is 37.4 Å². The SMILES string of the molecule is CCC(NC(=O)NCC(C)(O)c1ccc(F)cc1)c1ccncc1. The van der Waals surface area contributed by atoms with E-state index in [-0.39, 0.29) is 24.4 Å². The van der Waals surface area contributed by atoms with Gasteiger partial charge in [-0.1, -0.05) is 19.1 Å². The number of nitrogens with zero attached hydrogens (tertiary/aromatic N) is 1. The zero-order chi connectivity index (χ0) is 17.6.